The van der Waals surface area contributed by atoms with Crippen LogP contribution in [0.4, 0.5) is 0 Å². The van der Waals surface area contributed by atoms with Gasteiger partial charge in [-0.15, -0.1) is 0 Å². The van der Waals surface area contributed by atoms with Gasteiger partial charge >= 0.3 is 5.97 Å². The Morgan fingerprint density at radius 1 is 1.17 bits per heavy atom. The number of hydrogen-bond acceptors (Lipinski definition) is 7. The van der Waals surface area contributed by atoms with Gasteiger partial charge in [0.15, 0.2) is 11.5 Å². The largest absolute Gasteiger partial charge is 0.481 e. The molecule has 0 saturated heterocycles. The van der Waals surface area contributed by atoms with Crippen LogP contribution >= 0.6 is 0 Å². The molecular weight excluding hydrogens is 410 g/mol. The van der Waals surface area contributed by atoms with E-state index in [0.717, 1.165) is 17.0 Å². The summed E-state index contributed by atoms with van der Waals surface area (Å²) in [6.45, 7) is 2.06. The van der Waals surface area contributed by atoms with Crippen molar-refractivity contribution in [3.8, 4) is 23.0 Å². The molecule has 0 spiro atoms. The highest BCUT2D eigenvalue weighted by molar-refractivity contribution is 7.88. The highest BCUT2D eigenvalue weighted by Gasteiger charge is 2.18. The Morgan fingerprint density at radius 2 is 1.97 bits per heavy atom. The Labute approximate surface area is 174 Å². The molecule has 1 N–H and O–H groups in total. The molecule has 9 heteroatoms. The molecule has 0 radical (unpaired) electrons. The molecule has 0 fully saturated rings. The van der Waals surface area contributed by atoms with Gasteiger partial charge in [0.25, 0.3) is 0 Å². The number of aliphatic carboxylic acids is 1. The van der Waals surface area contributed by atoms with E-state index >= 15 is 0 Å². The number of furan rings is 1. The predicted molar refractivity (Wildman–Crippen MR) is 108 cm³/mol. The molecule has 0 aliphatic carbocycles. The quantitative estimate of drug-likeness (QED) is 0.579. The maximum Gasteiger partial charge on any atom is 0.316 e. The van der Waals surface area contributed by atoms with Crippen molar-refractivity contribution < 1.29 is 32.4 Å². The van der Waals surface area contributed by atoms with E-state index in [1.54, 1.807) is 6.08 Å². The zero-order valence-corrected chi connectivity index (χ0v) is 16.9. The van der Waals surface area contributed by atoms with Gasteiger partial charge in [0.2, 0.25) is 12.7 Å². The first-order valence-electron chi connectivity index (χ1n) is 9.17. The maximum absolute atomic E-state index is 11.5. The van der Waals surface area contributed by atoms with E-state index in [1.165, 1.54) is 5.41 Å². The van der Waals surface area contributed by atoms with Crippen LogP contribution in [0.2, 0.25) is 0 Å². The Kier molecular flexibility index (Phi) is 5.71. The lowest BCUT2D eigenvalue weighted by molar-refractivity contribution is -0.133. The van der Waals surface area contributed by atoms with E-state index < -0.39 is 22.5 Å². The summed E-state index contributed by atoms with van der Waals surface area (Å²) in [7, 11) is -1.53. The lowest BCUT2D eigenvalue weighted by Crippen LogP contribution is -2.06. The molecule has 1 atom stereocenters. The monoisotopic (exact) mass is 429 g/mol. The molecule has 2 aromatic heterocycles. The van der Waals surface area contributed by atoms with Crippen molar-refractivity contribution in [2.75, 3.05) is 12.5 Å². The second kappa shape index (κ2) is 8.58. The first kappa shape index (κ1) is 20.0. The van der Waals surface area contributed by atoms with Gasteiger partial charge in [-0.05, 0) is 42.7 Å². The van der Waals surface area contributed by atoms with Crippen molar-refractivity contribution in [3.05, 3.63) is 64.8 Å². The summed E-state index contributed by atoms with van der Waals surface area (Å²) < 4.78 is 33.8. The summed E-state index contributed by atoms with van der Waals surface area (Å²) in [6.07, 6.45) is 2.53. The van der Waals surface area contributed by atoms with Crippen molar-refractivity contribution in [1.29, 1.82) is 0 Å². The van der Waals surface area contributed by atoms with E-state index in [-0.39, 0.29) is 6.79 Å². The van der Waals surface area contributed by atoms with Crippen LogP contribution in [0, 0.1) is 6.92 Å². The van der Waals surface area contributed by atoms with E-state index in [0.29, 0.717) is 41.8 Å². The van der Waals surface area contributed by atoms with Crippen LogP contribution in [-0.4, -0.2) is 32.8 Å². The first-order valence-corrected chi connectivity index (χ1v) is 10.6. The van der Waals surface area contributed by atoms with Gasteiger partial charge in [-0.2, -0.15) is 0 Å². The molecule has 1 aliphatic rings. The third kappa shape index (κ3) is 4.62. The molecule has 8 nitrogen and oxygen atoms in total. The van der Waals surface area contributed by atoms with Crippen molar-refractivity contribution in [1.82, 2.24) is 4.98 Å². The standard InChI is InChI=1S/C21H19NO7S/c1-13-17(22-21(28-13)14-4-7-18-19(9-14)27-12-26-18)10-16-6-5-15(29-16)3-2-8-30(25)11-20(23)24/h2,4-9H,3,10-12H2,1H3,(H,23,24)/b8-2+. The van der Waals surface area contributed by atoms with Crippen molar-refractivity contribution in [3.63, 3.8) is 0 Å². The third-order valence-electron chi connectivity index (χ3n) is 4.40. The molecule has 0 bridgehead atoms. The minimum Gasteiger partial charge on any atom is -0.481 e. The highest BCUT2D eigenvalue weighted by Crippen LogP contribution is 2.36. The van der Waals surface area contributed by atoms with E-state index in [9.17, 15) is 9.00 Å². The molecule has 0 saturated carbocycles. The Balaban J connectivity index is 1.41. The maximum atomic E-state index is 11.5. The minimum absolute atomic E-state index is 0.208. The molecule has 0 amide bonds. The molecule has 1 aliphatic heterocycles. The Bertz CT molecular complexity index is 1130. The number of carboxylic acid groups (broad SMARTS) is 1. The third-order valence-corrected chi connectivity index (χ3v) is 5.43. The smallest absolute Gasteiger partial charge is 0.316 e. The highest BCUT2D eigenvalue weighted by atomic mass is 32.2. The second-order valence-corrected chi connectivity index (χ2v) is 7.95. The summed E-state index contributed by atoms with van der Waals surface area (Å²) in [5, 5.41) is 9.98. The number of aromatic nitrogens is 1. The number of aryl methyl sites for hydroxylation is 1. The molecule has 156 valence electrons. The number of allylic oxidation sites excluding steroid dienone is 1. The van der Waals surface area contributed by atoms with Gasteiger partial charge in [-0.25, -0.2) is 4.98 Å². The normalized spacial score (nSPS) is 13.8. The Hall–Kier alpha value is -3.33. The van der Waals surface area contributed by atoms with Gasteiger partial charge in [0, 0.05) is 12.0 Å². The SMILES string of the molecule is Cc1oc(-c2ccc3c(c2)OCO3)nc1Cc1ccc(C/C=C/S(=O)CC(=O)O)o1. The second-order valence-electron chi connectivity index (χ2n) is 6.63. The van der Waals surface area contributed by atoms with Crippen molar-refractivity contribution >= 4 is 16.8 Å². The summed E-state index contributed by atoms with van der Waals surface area (Å²) in [5.41, 5.74) is 1.56. The summed E-state index contributed by atoms with van der Waals surface area (Å²) in [6, 6.07) is 9.21. The molecule has 4 rings (SSSR count). The van der Waals surface area contributed by atoms with Gasteiger partial charge < -0.3 is 23.4 Å². The predicted octanol–water partition coefficient (Wildman–Crippen LogP) is 3.45. The van der Waals surface area contributed by atoms with Crippen LogP contribution in [0.1, 0.15) is 23.0 Å². The number of benzene rings is 1. The van der Waals surface area contributed by atoms with E-state index in [2.05, 4.69) is 4.98 Å². The van der Waals surface area contributed by atoms with Crippen LogP contribution in [0.5, 0.6) is 11.5 Å². The number of rotatable bonds is 8. The summed E-state index contributed by atoms with van der Waals surface area (Å²) in [5.74, 6) is 2.47. The van der Waals surface area contributed by atoms with E-state index in [1.807, 2.05) is 37.3 Å². The minimum atomic E-state index is -1.53. The zero-order chi connectivity index (χ0) is 21.1. The molecule has 3 aromatic rings. The molecule has 30 heavy (non-hydrogen) atoms. The molecule has 1 aromatic carbocycles. The number of hydrogen-bond donors (Lipinski definition) is 1. The fourth-order valence-electron chi connectivity index (χ4n) is 2.98. The lowest BCUT2D eigenvalue weighted by atomic mass is 10.2. The van der Waals surface area contributed by atoms with Crippen LogP contribution in [0.15, 0.2) is 50.7 Å². The Morgan fingerprint density at radius 3 is 2.80 bits per heavy atom. The fraction of sp³-hybridized carbons (Fsp3) is 0.238. The molecule has 1 unspecified atom stereocenters. The average molecular weight is 429 g/mol. The summed E-state index contributed by atoms with van der Waals surface area (Å²) in [4.78, 5) is 15.1. The fourth-order valence-corrected chi connectivity index (χ4v) is 3.63. The molecule has 3 heterocycles. The number of ether oxygens (including phenoxy) is 2. The number of oxazole rings is 1. The van der Waals surface area contributed by atoms with Gasteiger partial charge in [0.05, 0.1) is 22.9 Å². The number of carbonyl (C=O) groups is 1. The lowest BCUT2D eigenvalue weighted by Gasteiger charge is -1.98. The average Bonchev–Trinajstić information content (AvgIpc) is 3.41. The van der Waals surface area contributed by atoms with Crippen molar-refractivity contribution in [2.45, 2.75) is 19.8 Å². The number of nitrogens with zero attached hydrogens (tertiary/aromatic N) is 1. The zero-order valence-electron chi connectivity index (χ0n) is 16.1. The number of fused-ring (bicyclic) bond motifs is 1. The van der Waals surface area contributed by atoms with Crippen LogP contribution in [0.25, 0.3) is 11.5 Å². The van der Waals surface area contributed by atoms with E-state index in [4.69, 9.17) is 23.4 Å². The van der Waals surface area contributed by atoms with Crippen LogP contribution in [0.3, 0.4) is 0 Å². The first-order chi connectivity index (χ1) is 14.5. The van der Waals surface area contributed by atoms with Crippen LogP contribution in [-0.2, 0) is 28.4 Å². The number of carboxylic acids is 1. The van der Waals surface area contributed by atoms with Gasteiger partial charge in [-0.1, -0.05) is 6.08 Å². The topological polar surface area (TPSA) is 112 Å². The van der Waals surface area contributed by atoms with Crippen LogP contribution < -0.4 is 9.47 Å². The molecular formula is C21H19NO7S. The summed E-state index contributed by atoms with van der Waals surface area (Å²) >= 11 is 0. The van der Waals surface area contributed by atoms with Gasteiger partial charge in [0.1, 0.15) is 23.0 Å². The van der Waals surface area contributed by atoms with Crippen molar-refractivity contribution in [2.24, 2.45) is 0 Å². The van der Waals surface area contributed by atoms with Gasteiger partial charge in [-0.3, -0.25) is 9.00 Å².